The Bertz CT molecular complexity index is 504. The quantitative estimate of drug-likeness (QED) is 0.0577. The first-order valence-electron chi connectivity index (χ1n) is 18.3. The number of carbonyl (C=O) groups is 1. The standard InChI is InChI=1S/C37H71O3/c1-3-5-7-9-11-13-15-16-17-18-19-20-21-23-25-27-29-31-33-37(39)40-36(34-35-38)32-30-28-26-24-22-14-12-10-8-6-4-2/h36H,3-34H2,1-2H3. The van der Waals surface area contributed by atoms with E-state index in [0.717, 1.165) is 25.7 Å². The predicted octanol–water partition coefficient (Wildman–Crippen LogP) is 12.5. The van der Waals surface area contributed by atoms with E-state index in [1.807, 2.05) is 6.29 Å². The zero-order chi connectivity index (χ0) is 29.2. The smallest absolute Gasteiger partial charge is 0.306 e. The summed E-state index contributed by atoms with van der Waals surface area (Å²) in [5.41, 5.74) is 0. The number of hydrogen-bond acceptors (Lipinski definition) is 3. The van der Waals surface area contributed by atoms with E-state index in [0.29, 0.717) is 6.42 Å². The Morgan fingerprint density at radius 1 is 0.475 bits per heavy atom. The lowest BCUT2D eigenvalue weighted by molar-refractivity contribution is -0.149. The van der Waals surface area contributed by atoms with Crippen LogP contribution in [0.2, 0.25) is 0 Å². The molecule has 0 aromatic rings. The van der Waals surface area contributed by atoms with Gasteiger partial charge in [0.2, 0.25) is 6.29 Å². The summed E-state index contributed by atoms with van der Waals surface area (Å²) in [6, 6.07) is 0. The summed E-state index contributed by atoms with van der Waals surface area (Å²) >= 11 is 0. The van der Waals surface area contributed by atoms with Crippen molar-refractivity contribution in [2.45, 2.75) is 225 Å². The summed E-state index contributed by atoms with van der Waals surface area (Å²) < 4.78 is 5.61. The average molecular weight is 564 g/mol. The minimum Gasteiger partial charge on any atom is -0.462 e. The molecule has 0 aliphatic carbocycles. The Morgan fingerprint density at radius 3 is 1.10 bits per heavy atom. The van der Waals surface area contributed by atoms with Gasteiger partial charge in [0, 0.05) is 6.42 Å². The summed E-state index contributed by atoms with van der Waals surface area (Å²) in [6.45, 7) is 4.55. The highest BCUT2D eigenvalue weighted by molar-refractivity contribution is 5.69. The number of rotatable bonds is 34. The molecule has 40 heavy (non-hydrogen) atoms. The maximum Gasteiger partial charge on any atom is 0.306 e. The Hall–Kier alpha value is -0.860. The second-order valence-electron chi connectivity index (χ2n) is 12.5. The lowest BCUT2D eigenvalue weighted by Gasteiger charge is -2.15. The van der Waals surface area contributed by atoms with Gasteiger partial charge in [0.05, 0.1) is 6.42 Å². The highest BCUT2D eigenvalue weighted by Crippen LogP contribution is 2.17. The maximum atomic E-state index is 12.2. The molecule has 0 N–H and O–H groups in total. The Kier molecular flexibility index (Phi) is 33.6. The van der Waals surface area contributed by atoms with E-state index < -0.39 is 0 Å². The number of unbranched alkanes of at least 4 members (excludes halogenated alkanes) is 27. The van der Waals surface area contributed by atoms with E-state index in [9.17, 15) is 9.59 Å². The molecule has 0 amide bonds. The second kappa shape index (κ2) is 34.3. The molecule has 0 aliphatic heterocycles. The summed E-state index contributed by atoms with van der Waals surface area (Å²) in [5, 5.41) is 0. The topological polar surface area (TPSA) is 43.4 Å². The molecule has 0 spiro atoms. The number of esters is 1. The fourth-order valence-corrected chi connectivity index (χ4v) is 5.75. The van der Waals surface area contributed by atoms with Crippen LogP contribution in [-0.2, 0) is 14.3 Å². The SMILES string of the molecule is CCCCCCCCCCCCCCCCCCCCC(=O)OC(C[C]=O)CCCCCCCCCCCCC. The van der Waals surface area contributed by atoms with E-state index in [1.165, 1.54) is 167 Å². The van der Waals surface area contributed by atoms with E-state index in [4.69, 9.17) is 4.74 Å². The lowest BCUT2D eigenvalue weighted by Crippen LogP contribution is -2.18. The van der Waals surface area contributed by atoms with Crippen molar-refractivity contribution in [1.82, 2.24) is 0 Å². The van der Waals surface area contributed by atoms with Crippen molar-refractivity contribution in [3.05, 3.63) is 0 Å². The average Bonchev–Trinajstić information content (AvgIpc) is 2.95. The summed E-state index contributed by atoms with van der Waals surface area (Å²) in [5.74, 6) is -0.125. The minimum atomic E-state index is -0.265. The van der Waals surface area contributed by atoms with Crippen LogP contribution in [0.15, 0.2) is 0 Å². The number of carbonyl (C=O) groups excluding carboxylic acids is 2. The van der Waals surface area contributed by atoms with Crippen molar-refractivity contribution in [3.63, 3.8) is 0 Å². The molecule has 0 rings (SSSR count). The second-order valence-corrected chi connectivity index (χ2v) is 12.5. The molecule has 1 unspecified atom stereocenters. The van der Waals surface area contributed by atoms with Crippen LogP contribution in [0.4, 0.5) is 0 Å². The molecule has 3 nitrogen and oxygen atoms in total. The molecule has 237 valence electrons. The maximum absolute atomic E-state index is 12.2. The van der Waals surface area contributed by atoms with Crippen LogP contribution in [0.25, 0.3) is 0 Å². The van der Waals surface area contributed by atoms with Crippen LogP contribution in [0.1, 0.15) is 219 Å². The number of hydrogen-bond donors (Lipinski definition) is 0. The molecule has 0 heterocycles. The van der Waals surface area contributed by atoms with Crippen molar-refractivity contribution in [3.8, 4) is 0 Å². The minimum absolute atomic E-state index is 0.125. The first-order valence-corrected chi connectivity index (χ1v) is 18.3. The van der Waals surface area contributed by atoms with Gasteiger partial charge in [-0.1, -0.05) is 187 Å². The van der Waals surface area contributed by atoms with Crippen molar-refractivity contribution < 1.29 is 14.3 Å². The van der Waals surface area contributed by atoms with E-state index in [1.54, 1.807) is 0 Å². The van der Waals surface area contributed by atoms with Gasteiger partial charge in [0.1, 0.15) is 6.10 Å². The van der Waals surface area contributed by atoms with Crippen molar-refractivity contribution in [2.75, 3.05) is 0 Å². The van der Waals surface area contributed by atoms with Gasteiger partial charge in [0.15, 0.2) is 0 Å². The molecular weight excluding hydrogens is 492 g/mol. The van der Waals surface area contributed by atoms with E-state index >= 15 is 0 Å². The molecule has 1 atom stereocenters. The third-order valence-electron chi connectivity index (χ3n) is 8.47. The van der Waals surface area contributed by atoms with Gasteiger partial charge in [-0.05, 0) is 19.3 Å². The molecule has 0 bridgehead atoms. The van der Waals surface area contributed by atoms with Gasteiger partial charge in [-0.3, -0.25) is 9.59 Å². The summed E-state index contributed by atoms with van der Waals surface area (Å²) in [6.07, 6.45) is 41.8. The van der Waals surface area contributed by atoms with Crippen molar-refractivity contribution >= 4 is 12.3 Å². The molecule has 0 aromatic heterocycles. The normalized spacial score (nSPS) is 12.1. The van der Waals surface area contributed by atoms with Crippen LogP contribution >= 0.6 is 0 Å². The predicted molar refractivity (Wildman–Crippen MR) is 175 cm³/mol. The van der Waals surface area contributed by atoms with Crippen LogP contribution in [-0.4, -0.2) is 18.4 Å². The summed E-state index contributed by atoms with van der Waals surface area (Å²) in [4.78, 5) is 23.2. The Labute approximate surface area is 251 Å². The first-order chi connectivity index (χ1) is 19.7. The Balaban J connectivity index is 3.47. The zero-order valence-electron chi connectivity index (χ0n) is 27.4. The van der Waals surface area contributed by atoms with Gasteiger partial charge in [-0.2, -0.15) is 0 Å². The third-order valence-corrected chi connectivity index (χ3v) is 8.47. The molecule has 0 saturated heterocycles. The van der Waals surface area contributed by atoms with Gasteiger partial charge >= 0.3 is 5.97 Å². The monoisotopic (exact) mass is 564 g/mol. The lowest BCUT2D eigenvalue weighted by atomic mass is 10.0. The third kappa shape index (κ3) is 31.7. The van der Waals surface area contributed by atoms with Gasteiger partial charge in [-0.15, -0.1) is 0 Å². The molecule has 0 saturated carbocycles. The van der Waals surface area contributed by atoms with Gasteiger partial charge < -0.3 is 4.74 Å². The van der Waals surface area contributed by atoms with E-state index in [2.05, 4.69) is 13.8 Å². The van der Waals surface area contributed by atoms with Crippen LogP contribution in [0, 0.1) is 0 Å². The molecule has 1 radical (unpaired) electrons. The number of ether oxygens (including phenoxy) is 1. The molecule has 0 aromatic carbocycles. The van der Waals surface area contributed by atoms with Crippen LogP contribution in [0.3, 0.4) is 0 Å². The largest absolute Gasteiger partial charge is 0.462 e. The molecular formula is C37H71O3. The highest BCUT2D eigenvalue weighted by atomic mass is 16.5. The summed E-state index contributed by atoms with van der Waals surface area (Å²) in [7, 11) is 0. The first kappa shape index (κ1) is 39.1. The van der Waals surface area contributed by atoms with Crippen molar-refractivity contribution in [2.24, 2.45) is 0 Å². The molecule has 3 heteroatoms. The van der Waals surface area contributed by atoms with Crippen LogP contribution < -0.4 is 0 Å². The van der Waals surface area contributed by atoms with Crippen molar-refractivity contribution in [1.29, 1.82) is 0 Å². The van der Waals surface area contributed by atoms with Gasteiger partial charge in [0.25, 0.3) is 0 Å². The molecule has 0 aliphatic rings. The highest BCUT2D eigenvalue weighted by Gasteiger charge is 2.14. The zero-order valence-corrected chi connectivity index (χ0v) is 27.4. The van der Waals surface area contributed by atoms with E-state index in [-0.39, 0.29) is 18.5 Å². The Morgan fingerprint density at radius 2 is 0.775 bits per heavy atom. The van der Waals surface area contributed by atoms with Gasteiger partial charge in [-0.25, -0.2) is 0 Å². The molecule has 0 fully saturated rings. The fraction of sp³-hybridized carbons (Fsp3) is 0.946. The fourth-order valence-electron chi connectivity index (χ4n) is 5.75. The van der Waals surface area contributed by atoms with Crippen LogP contribution in [0.5, 0.6) is 0 Å².